The minimum Gasteiger partial charge on any atom is -0.486 e. The SMILES string of the molecule is Cc1c(C(=O)O)sc2ncnc(Nc3ccc(F)cc3OC3CCCN(C(=O)OC(C)(C)C)C3)c12. The number of fused-ring (bicyclic) bond motifs is 1. The zero-order chi connectivity index (χ0) is 25.3. The Balaban J connectivity index is 1.58. The first kappa shape index (κ1) is 24.6. The van der Waals surface area contributed by atoms with E-state index in [0.29, 0.717) is 46.8 Å². The summed E-state index contributed by atoms with van der Waals surface area (Å²) in [6.07, 6.45) is 1.99. The fraction of sp³-hybridized carbons (Fsp3) is 0.417. The second-order valence-electron chi connectivity index (χ2n) is 9.34. The van der Waals surface area contributed by atoms with Crippen LogP contribution in [-0.4, -0.2) is 56.8 Å². The van der Waals surface area contributed by atoms with Crippen LogP contribution >= 0.6 is 11.3 Å². The molecule has 1 fully saturated rings. The Bertz CT molecular complexity index is 1270. The highest BCUT2D eigenvalue weighted by Gasteiger charge is 2.29. The predicted octanol–water partition coefficient (Wildman–Crippen LogP) is 5.36. The number of anilines is 2. The third kappa shape index (κ3) is 5.61. The van der Waals surface area contributed by atoms with Crippen molar-refractivity contribution in [3.05, 3.63) is 40.8 Å². The minimum atomic E-state index is -1.03. The molecule has 0 saturated carbocycles. The number of ether oxygens (including phenoxy) is 2. The van der Waals surface area contributed by atoms with Crippen molar-refractivity contribution in [2.24, 2.45) is 0 Å². The summed E-state index contributed by atoms with van der Waals surface area (Å²) in [6.45, 7) is 8.01. The van der Waals surface area contributed by atoms with Crippen LogP contribution in [0.1, 0.15) is 48.8 Å². The summed E-state index contributed by atoms with van der Waals surface area (Å²) < 4.78 is 25.8. The van der Waals surface area contributed by atoms with E-state index < -0.39 is 23.5 Å². The normalized spacial score (nSPS) is 16.3. The van der Waals surface area contributed by atoms with Gasteiger partial charge in [-0.05, 0) is 58.2 Å². The van der Waals surface area contributed by atoms with Gasteiger partial charge < -0.3 is 24.8 Å². The van der Waals surface area contributed by atoms with Crippen molar-refractivity contribution in [1.29, 1.82) is 0 Å². The number of nitrogens with one attached hydrogen (secondary N) is 1. The number of benzene rings is 1. The number of aromatic carboxylic acids is 1. The number of thiophene rings is 1. The lowest BCUT2D eigenvalue weighted by Crippen LogP contribution is -2.46. The van der Waals surface area contributed by atoms with E-state index in [1.807, 2.05) is 20.8 Å². The summed E-state index contributed by atoms with van der Waals surface area (Å²) in [5, 5.41) is 13.2. The van der Waals surface area contributed by atoms with Crippen LogP contribution in [0, 0.1) is 12.7 Å². The molecule has 11 heteroatoms. The van der Waals surface area contributed by atoms with Crippen LogP contribution in [0.3, 0.4) is 0 Å². The number of carbonyl (C=O) groups excluding carboxylic acids is 1. The molecule has 0 bridgehead atoms. The highest BCUT2D eigenvalue weighted by atomic mass is 32.1. The molecule has 2 aromatic heterocycles. The van der Waals surface area contributed by atoms with Gasteiger partial charge in [0.2, 0.25) is 0 Å². The number of carboxylic acids is 1. The Hall–Kier alpha value is -3.47. The third-order valence-corrected chi connectivity index (χ3v) is 6.63. The summed E-state index contributed by atoms with van der Waals surface area (Å²) in [6, 6.07) is 4.10. The fourth-order valence-corrected chi connectivity index (χ4v) is 4.89. The zero-order valence-electron chi connectivity index (χ0n) is 19.9. The standard InChI is InChI=1S/C24H27FN4O5S/c1-13-18-20(26-12-27-21(18)35-19(13)22(30)31)28-16-8-7-14(25)10-17(16)33-15-6-5-9-29(11-15)23(32)34-24(2,3)4/h7-8,10,12,15H,5-6,9,11H2,1-4H3,(H,30,31)(H,26,27,28). The maximum absolute atomic E-state index is 14.2. The summed E-state index contributed by atoms with van der Waals surface area (Å²) in [5.41, 5.74) is 0.405. The van der Waals surface area contributed by atoms with Crippen LogP contribution in [0.25, 0.3) is 10.2 Å². The molecule has 35 heavy (non-hydrogen) atoms. The lowest BCUT2D eigenvalue weighted by molar-refractivity contribution is 0.00780. The van der Waals surface area contributed by atoms with Gasteiger partial charge in [0.15, 0.2) is 0 Å². The van der Waals surface area contributed by atoms with E-state index in [2.05, 4.69) is 15.3 Å². The molecule has 1 aromatic carbocycles. The number of aryl methyl sites for hydroxylation is 1. The molecule has 3 aromatic rings. The van der Waals surface area contributed by atoms with Crippen LogP contribution in [0.15, 0.2) is 24.5 Å². The highest BCUT2D eigenvalue weighted by Crippen LogP contribution is 2.37. The van der Waals surface area contributed by atoms with Gasteiger partial charge in [-0.2, -0.15) is 0 Å². The number of carbonyl (C=O) groups is 2. The van der Waals surface area contributed by atoms with Crippen molar-refractivity contribution in [3.8, 4) is 5.75 Å². The molecule has 1 amide bonds. The second kappa shape index (κ2) is 9.65. The molecular weight excluding hydrogens is 475 g/mol. The lowest BCUT2D eigenvalue weighted by atomic mass is 10.1. The Kier molecular flexibility index (Phi) is 6.79. The molecule has 1 saturated heterocycles. The zero-order valence-corrected chi connectivity index (χ0v) is 20.7. The average molecular weight is 503 g/mol. The van der Waals surface area contributed by atoms with Gasteiger partial charge in [0.05, 0.1) is 17.6 Å². The lowest BCUT2D eigenvalue weighted by Gasteiger charge is -2.34. The number of hydrogen-bond acceptors (Lipinski definition) is 8. The van der Waals surface area contributed by atoms with Crippen molar-refractivity contribution in [2.45, 2.75) is 52.2 Å². The first-order chi connectivity index (χ1) is 16.5. The number of nitrogens with zero attached hydrogens (tertiary/aromatic N) is 3. The van der Waals surface area contributed by atoms with Gasteiger partial charge in [0.1, 0.15) is 45.1 Å². The summed E-state index contributed by atoms with van der Waals surface area (Å²) in [5.74, 6) is -0.849. The van der Waals surface area contributed by atoms with Gasteiger partial charge in [-0.1, -0.05) is 0 Å². The Morgan fingerprint density at radius 3 is 2.77 bits per heavy atom. The minimum absolute atomic E-state index is 0.184. The molecule has 0 spiro atoms. The Morgan fingerprint density at radius 1 is 1.29 bits per heavy atom. The van der Waals surface area contributed by atoms with Crippen molar-refractivity contribution < 1.29 is 28.6 Å². The molecule has 1 unspecified atom stereocenters. The molecule has 0 radical (unpaired) electrons. The highest BCUT2D eigenvalue weighted by molar-refractivity contribution is 7.20. The monoisotopic (exact) mass is 502 g/mol. The quantitative estimate of drug-likeness (QED) is 0.479. The first-order valence-electron chi connectivity index (χ1n) is 11.2. The summed E-state index contributed by atoms with van der Waals surface area (Å²) >= 11 is 1.07. The van der Waals surface area contributed by atoms with Gasteiger partial charge in [-0.15, -0.1) is 11.3 Å². The van der Waals surface area contributed by atoms with Gasteiger partial charge in [0, 0.05) is 12.6 Å². The molecular formula is C24H27FN4O5S. The molecule has 1 aliphatic rings. The van der Waals surface area contributed by atoms with E-state index in [-0.39, 0.29) is 16.7 Å². The van der Waals surface area contributed by atoms with E-state index in [9.17, 15) is 19.1 Å². The van der Waals surface area contributed by atoms with Crippen molar-refractivity contribution in [1.82, 2.24) is 14.9 Å². The molecule has 9 nitrogen and oxygen atoms in total. The van der Waals surface area contributed by atoms with E-state index in [0.717, 1.165) is 17.8 Å². The second-order valence-corrected chi connectivity index (χ2v) is 10.3. The fourth-order valence-electron chi connectivity index (χ4n) is 3.90. The molecule has 3 heterocycles. The number of carboxylic acid groups (broad SMARTS) is 1. The van der Waals surface area contributed by atoms with Crippen LogP contribution in [0.5, 0.6) is 5.75 Å². The third-order valence-electron chi connectivity index (χ3n) is 5.44. The smallest absolute Gasteiger partial charge is 0.410 e. The first-order valence-corrected chi connectivity index (χ1v) is 12.0. The van der Waals surface area contributed by atoms with E-state index in [1.54, 1.807) is 11.8 Å². The molecule has 2 N–H and O–H groups in total. The van der Waals surface area contributed by atoms with Crippen molar-refractivity contribution in [3.63, 3.8) is 0 Å². The largest absolute Gasteiger partial charge is 0.486 e. The molecule has 4 rings (SSSR count). The van der Waals surface area contributed by atoms with E-state index >= 15 is 0 Å². The van der Waals surface area contributed by atoms with E-state index in [1.165, 1.54) is 24.5 Å². The number of halogens is 1. The number of piperidine rings is 1. The molecule has 186 valence electrons. The summed E-state index contributed by atoms with van der Waals surface area (Å²) in [7, 11) is 0. The van der Waals surface area contributed by atoms with Gasteiger partial charge in [-0.3, -0.25) is 0 Å². The molecule has 1 atom stereocenters. The molecule has 0 aliphatic carbocycles. The van der Waals surface area contributed by atoms with Crippen LogP contribution in [0.2, 0.25) is 0 Å². The van der Waals surface area contributed by atoms with Crippen LogP contribution in [0.4, 0.5) is 20.7 Å². The Labute approximate surface area is 205 Å². The van der Waals surface area contributed by atoms with E-state index in [4.69, 9.17) is 9.47 Å². The van der Waals surface area contributed by atoms with Crippen LogP contribution < -0.4 is 10.1 Å². The topological polar surface area (TPSA) is 114 Å². The molecule has 1 aliphatic heterocycles. The number of likely N-dealkylation sites (tertiary alicyclic amines) is 1. The van der Waals surface area contributed by atoms with Crippen molar-refractivity contribution in [2.75, 3.05) is 18.4 Å². The maximum Gasteiger partial charge on any atom is 0.410 e. The van der Waals surface area contributed by atoms with Gasteiger partial charge in [-0.25, -0.2) is 23.9 Å². The van der Waals surface area contributed by atoms with Gasteiger partial charge >= 0.3 is 12.1 Å². The predicted molar refractivity (Wildman–Crippen MR) is 130 cm³/mol. The van der Waals surface area contributed by atoms with Crippen LogP contribution in [-0.2, 0) is 4.74 Å². The van der Waals surface area contributed by atoms with Gasteiger partial charge in [0.25, 0.3) is 0 Å². The number of amides is 1. The number of rotatable bonds is 5. The maximum atomic E-state index is 14.2. The number of aromatic nitrogens is 2. The summed E-state index contributed by atoms with van der Waals surface area (Å²) in [4.78, 5) is 34.9. The van der Waals surface area contributed by atoms with Crippen molar-refractivity contribution >= 4 is 45.1 Å². The Morgan fingerprint density at radius 2 is 2.06 bits per heavy atom. The average Bonchev–Trinajstić information content (AvgIpc) is 3.12. The number of hydrogen-bond donors (Lipinski definition) is 2.